The van der Waals surface area contributed by atoms with E-state index in [1.807, 2.05) is 26.0 Å². The van der Waals surface area contributed by atoms with Crippen LogP contribution in [0.25, 0.3) is 0 Å². The summed E-state index contributed by atoms with van der Waals surface area (Å²) in [5.41, 5.74) is 2.04. The smallest absolute Gasteiger partial charge is 0.299 e. The number of hydrogen-bond donors (Lipinski definition) is 1. The Kier molecular flexibility index (Phi) is 4.86. The van der Waals surface area contributed by atoms with Gasteiger partial charge in [-0.2, -0.15) is 0 Å². The highest BCUT2D eigenvalue weighted by Crippen LogP contribution is 2.30. The number of benzene rings is 1. The maximum Gasteiger partial charge on any atom is 0.299 e. The molecule has 1 heterocycles. The van der Waals surface area contributed by atoms with Crippen molar-refractivity contribution in [2.24, 2.45) is 0 Å². The topological polar surface area (TPSA) is 47.0 Å². The van der Waals surface area contributed by atoms with E-state index < -0.39 is 0 Å². The molecule has 1 aromatic carbocycles. The minimum Gasteiger partial charge on any atom is -0.430 e. The SMILES string of the molecule is Cc1cc(Oc2nnc(CNC(C)(C)C)s2)cc(C)c1Cl. The number of nitrogens with one attached hydrogen (secondary N) is 1. The summed E-state index contributed by atoms with van der Waals surface area (Å²) in [7, 11) is 0. The zero-order valence-electron chi connectivity index (χ0n) is 13.0. The van der Waals surface area contributed by atoms with Crippen molar-refractivity contribution in [2.45, 2.75) is 46.7 Å². The van der Waals surface area contributed by atoms with Gasteiger partial charge < -0.3 is 10.1 Å². The molecule has 0 amide bonds. The third kappa shape index (κ3) is 4.66. The summed E-state index contributed by atoms with van der Waals surface area (Å²) in [5.74, 6) is 0.737. The molecule has 0 fully saturated rings. The van der Waals surface area contributed by atoms with Gasteiger partial charge in [-0.25, -0.2) is 0 Å². The molecule has 0 saturated heterocycles. The van der Waals surface area contributed by atoms with Gasteiger partial charge >= 0.3 is 0 Å². The lowest BCUT2D eigenvalue weighted by atomic mass is 10.1. The number of aromatic nitrogens is 2. The molecule has 2 rings (SSSR count). The van der Waals surface area contributed by atoms with Gasteiger partial charge in [-0.15, -0.1) is 5.10 Å². The zero-order chi connectivity index (χ0) is 15.6. The lowest BCUT2D eigenvalue weighted by Crippen LogP contribution is -2.35. The predicted octanol–water partition coefficient (Wildman–Crippen LogP) is 4.49. The van der Waals surface area contributed by atoms with Gasteiger partial charge in [0.1, 0.15) is 10.8 Å². The molecular weight excluding hydrogens is 306 g/mol. The molecular formula is C15H20ClN3OS. The van der Waals surface area contributed by atoms with Crippen LogP contribution in [-0.4, -0.2) is 15.7 Å². The lowest BCUT2D eigenvalue weighted by Gasteiger charge is -2.19. The summed E-state index contributed by atoms with van der Waals surface area (Å²) < 4.78 is 5.77. The molecule has 0 saturated carbocycles. The van der Waals surface area contributed by atoms with Crippen LogP contribution in [0, 0.1) is 13.8 Å². The molecule has 114 valence electrons. The van der Waals surface area contributed by atoms with E-state index in [0.29, 0.717) is 11.7 Å². The van der Waals surface area contributed by atoms with Crippen molar-refractivity contribution < 1.29 is 4.74 Å². The third-order valence-electron chi connectivity index (χ3n) is 2.83. The van der Waals surface area contributed by atoms with Crippen LogP contribution in [0.1, 0.15) is 36.9 Å². The van der Waals surface area contributed by atoms with E-state index in [1.165, 1.54) is 11.3 Å². The van der Waals surface area contributed by atoms with Crippen LogP contribution in [0.2, 0.25) is 5.02 Å². The highest BCUT2D eigenvalue weighted by molar-refractivity contribution is 7.13. The zero-order valence-corrected chi connectivity index (χ0v) is 14.5. The quantitative estimate of drug-likeness (QED) is 0.899. The molecule has 2 aromatic rings. The highest BCUT2D eigenvalue weighted by Gasteiger charge is 2.12. The van der Waals surface area contributed by atoms with Gasteiger partial charge in [0.2, 0.25) is 0 Å². The van der Waals surface area contributed by atoms with Crippen molar-refractivity contribution in [1.29, 1.82) is 0 Å². The van der Waals surface area contributed by atoms with Crippen molar-refractivity contribution >= 4 is 22.9 Å². The Morgan fingerprint density at radius 3 is 2.38 bits per heavy atom. The fourth-order valence-electron chi connectivity index (χ4n) is 1.76. The van der Waals surface area contributed by atoms with Crippen LogP contribution in [-0.2, 0) is 6.54 Å². The number of hydrogen-bond acceptors (Lipinski definition) is 5. The molecule has 1 N–H and O–H groups in total. The van der Waals surface area contributed by atoms with Gasteiger partial charge in [0.25, 0.3) is 5.19 Å². The second kappa shape index (κ2) is 6.30. The van der Waals surface area contributed by atoms with Crippen molar-refractivity contribution in [3.63, 3.8) is 0 Å². The first-order valence-corrected chi connectivity index (χ1v) is 7.96. The van der Waals surface area contributed by atoms with Gasteiger partial charge in [0, 0.05) is 10.6 Å². The van der Waals surface area contributed by atoms with E-state index in [9.17, 15) is 0 Å². The van der Waals surface area contributed by atoms with Crippen molar-refractivity contribution in [1.82, 2.24) is 15.5 Å². The Morgan fingerprint density at radius 1 is 1.19 bits per heavy atom. The Labute approximate surface area is 134 Å². The van der Waals surface area contributed by atoms with Gasteiger partial charge in [-0.3, -0.25) is 0 Å². The van der Waals surface area contributed by atoms with Gasteiger partial charge in [-0.05, 0) is 57.9 Å². The molecule has 0 atom stereocenters. The van der Waals surface area contributed by atoms with Crippen LogP contribution in [0.4, 0.5) is 0 Å². The van der Waals surface area contributed by atoms with Crippen LogP contribution in [0.3, 0.4) is 0 Å². The standard InChI is InChI=1S/C15H20ClN3OS/c1-9-6-11(7-10(2)13(9)16)20-14-19-18-12(21-14)8-17-15(3,4)5/h6-7,17H,8H2,1-5H3. The van der Waals surface area contributed by atoms with Crippen LogP contribution in [0.15, 0.2) is 12.1 Å². The van der Waals surface area contributed by atoms with E-state index in [2.05, 4.69) is 36.3 Å². The van der Waals surface area contributed by atoms with E-state index in [-0.39, 0.29) is 5.54 Å². The molecule has 0 aliphatic rings. The average Bonchev–Trinajstić information content (AvgIpc) is 2.80. The van der Waals surface area contributed by atoms with Crippen molar-refractivity contribution in [3.05, 3.63) is 33.3 Å². The van der Waals surface area contributed by atoms with Crippen LogP contribution in [0.5, 0.6) is 10.9 Å². The summed E-state index contributed by atoms with van der Waals surface area (Å²) in [6, 6.07) is 3.81. The first kappa shape index (κ1) is 16.2. The minimum absolute atomic E-state index is 0.0527. The summed E-state index contributed by atoms with van der Waals surface area (Å²) in [6.45, 7) is 10.9. The molecule has 0 unspecified atom stereocenters. The molecule has 6 heteroatoms. The summed E-state index contributed by atoms with van der Waals surface area (Å²) >= 11 is 7.60. The van der Waals surface area contributed by atoms with Gasteiger partial charge in [-0.1, -0.05) is 28.0 Å². The average molecular weight is 326 g/mol. The molecule has 0 aliphatic heterocycles. The van der Waals surface area contributed by atoms with E-state index in [4.69, 9.17) is 16.3 Å². The first-order valence-electron chi connectivity index (χ1n) is 6.76. The second-order valence-electron chi connectivity index (χ2n) is 6.04. The summed E-state index contributed by atoms with van der Waals surface area (Å²) in [4.78, 5) is 0. The number of halogens is 1. The van der Waals surface area contributed by atoms with Crippen molar-refractivity contribution in [3.8, 4) is 10.9 Å². The Morgan fingerprint density at radius 2 is 1.81 bits per heavy atom. The molecule has 0 bridgehead atoms. The monoisotopic (exact) mass is 325 g/mol. The number of ether oxygens (including phenoxy) is 1. The minimum atomic E-state index is 0.0527. The summed E-state index contributed by atoms with van der Waals surface area (Å²) in [5, 5.41) is 13.8. The van der Waals surface area contributed by atoms with E-state index in [0.717, 1.165) is 26.9 Å². The lowest BCUT2D eigenvalue weighted by molar-refractivity contribution is 0.423. The third-order valence-corrected chi connectivity index (χ3v) is 4.23. The summed E-state index contributed by atoms with van der Waals surface area (Å²) in [6.07, 6.45) is 0. The number of rotatable bonds is 4. The molecule has 0 aliphatic carbocycles. The molecule has 0 radical (unpaired) electrons. The fourth-order valence-corrected chi connectivity index (χ4v) is 2.51. The Bertz CT molecular complexity index is 611. The van der Waals surface area contributed by atoms with Gasteiger partial charge in [0.05, 0.1) is 6.54 Å². The highest BCUT2D eigenvalue weighted by atomic mass is 35.5. The maximum absolute atomic E-state index is 6.15. The normalized spacial score (nSPS) is 11.7. The first-order chi connectivity index (χ1) is 9.74. The van der Waals surface area contributed by atoms with E-state index in [1.54, 1.807) is 0 Å². The Balaban J connectivity index is 2.06. The van der Waals surface area contributed by atoms with Crippen molar-refractivity contribution in [2.75, 3.05) is 0 Å². The number of aryl methyl sites for hydroxylation is 2. The van der Waals surface area contributed by atoms with Crippen LogP contribution < -0.4 is 10.1 Å². The number of nitrogens with zero attached hydrogens (tertiary/aromatic N) is 2. The van der Waals surface area contributed by atoms with E-state index >= 15 is 0 Å². The molecule has 1 aromatic heterocycles. The largest absolute Gasteiger partial charge is 0.430 e. The van der Waals surface area contributed by atoms with Gasteiger partial charge in [0.15, 0.2) is 0 Å². The molecule has 4 nitrogen and oxygen atoms in total. The Hall–Kier alpha value is -1.17. The fraction of sp³-hybridized carbons (Fsp3) is 0.467. The molecule has 21 heavy (non-hydrogen) atoms. The maximum atomic E-state index is 6.15. The molecule has 0 spiro atoms. The van der Waals surface area contributed by atoms with Crippen LogP contribution >= 0.6 is 22.9 Å². The predicted molar refractivity (Wildman–Crippen MR) is 87.5 cm³/mol. The second-order valence-corrected chi connectivity index (χ2v) is 7.44.